The van der Waals surface area contributed by atoms with Gasteiger partial charge in [0.2, 0.25) is 0 Å². The second kappa shape index (κ2) is 11.7. The number of hydrogen-bond acceptors (Lipinski definition) is 7. The highest BCUT2D eigenvalue weighted by Crippen LogP contribution is 2.49. The van der Waals surface area contributed by atoms with E-state index in [9.17, 15) is 19.5 Å². The van der Waals surface area contributed by atoms with Crippen molar-refractivity contribution < 1.29 is 24.3 Å². The third kappa shape index (κ3) is 5.30. The molecule has 3 aliphatic rings. The van der Waals surface area contributed by atoms with Gasteiger partial charge in [-0.05, 0) is 55.5 Å². The Balaban J connectivity index is 1.31. The maximum Gasteiger partial charge on any atom is 0.152 e. The van der Waals surface area contributed by atoms with Crippen LogP contribution in [0.3, 0.4) is 0 Å². The number of phenols is 1. The van der Waals surface area contributed by atoms with Gasteiger partial charge in [0.05, 0.1) is 14.9 Å². The molecule has 4 unspecified atom stereocenters. The van der Waals surface area contributed by atoms with Gasteiger partial charge in [-0.15, -0.1) is 0 Å². The van der Waals surface area contributed by atoms with Crippen molar-refractivity contribution in [3.05, 3.63) is 51.5 Å². The summed E-state index contributed by atoms with van der Waals surface area (Å²) in [6.07, 6.45) is 5.85. The Morgan fingerprint density at radius 2 is 2.03 bits per heavy atom. The summed E-state index contributed by atoms with van der Waals surface area (Å²) in [5.41, 5.74) is 3.96. The second-order valence-corrected chi connectivity index (χ2v) is 12.3. The molecule has 5 rings (SSSR count). The fraction of sp³-hybridized carbons (Fsp3) is 0.481. The molecular weight excluding hydrogens is 549 g/mol. The van der Waals surface area contributed by atoms with Crippen LogP contribution < -0.4 is 10.2 Å². The van der Waals surface area contributed by atoms with Gasteiger partial charge in [-0.2, -0.15) is 0 Å². The maximum atomic E-state index is 13.3. The highest BCUT2D eigenvalue weighted by atomic mass is 35.5. The van der Waals surface area contributed by atoms with Crippen molar-refractivity contribution in [3.63, 3.8) is 0 Å². The number of halogens is 2. The number of piperidine rings is 1. The lowest BCUT2D eigenvalue weighted by atomic mass is 9.86. The number of hydrogen-bond donors (Lipinski definition) is 4. The Hall–Kier alpha value is -1.85. The summed E-state index contributed by atoms with van der Waals surface area (Å²) in [6.45, 7) is 2.37. The Labute approximate surface area is 235 Å². The van der Waals surface area contributed by atoms with Crippen LogP contribution in [0.25, 0.3) is 6.08 Å². The first-order chi connectivity index (χ1) is 18.3. The minimum Gasteiger partial charge on any atom is -0.505 e. The van der Waals surface area contributed by atoms with Gasteiger partial charge >= 0.3 is 0 Å². The number of nitrogens with one attached hydrogen (secondary N) is 1. The van der Waals surface area contributed by atoms with Crippen LogP contribution >= 0.6 is 23.2 Å². The van der Waals surface area contributed by atoms with E-state index in [1.165, 1.54) is 12.1 Å². The van der Waals surface area contributed by atoms with E-state index in [0.717, 1.165) is 48.2 Å². The molecule has 0 spiro atoms. The molecule has 2 aliphatic heterocycles. The van der Waals surface area contributed by atoms with Gasteiger partial charge < -0.3 is 30.3 Å². The van der Waals surface area contributed by atoms with Crippen molar-refractivity contribution in [2.75, 3.05) is 43.6 Å². The number of methoxy groups -OCH3 is 1. The smallest absolute Gasteiger partial charge is 0.152 e. The van der Waals surface area contributed by atoms with Crippen molar-refractivity contribution >= 4 is 51.6 Å². The number of phenolic OH excluding ortho intramolecular Hbond substituents is 1. The Morgan fingerprint density at radius 1 is 1.26 bits per heavy atom. The van der Waals surface area contributed by atoms with Crippen LogP contribution in [0.4, 0.5) is 11.4 Å². The zero-order valence-corrected chi connectivity index (χ0v) is 23.5. The number of ether oxygens (including phenoxy) is 1. The van der Waals surface area contributed by atoms with Crippen LogP contribution in [-0.2, 0) is 15.7 Å². The SMILES string of the molecule is COCCCN1c2ccc(N[C@H](O)C3CCCN(S(=O)c4cc(Cl)c(O)c(Cl)c4)C3)c3c2C(CC=C3)C1O. The molecule has 5 atom stereocenters. The average Bonchev–Trinajstić information content (AvgIpc) is 3.20. The molecule has 0 bridgehead atoms. The molecule has 0 aromatic heterocycles. The van der Waals surface area contributed by atoms with E-state index in [1.807, 2.05) is 17.0 Å². The molecule has 11 heteroatoms. The Bertz CT molecular complexity index is 1220. The maximum absolute atomic E-state index is 13.3. The molecule has 38 heavy (non-hydrogen) atoms. The number of rotatable bonds is 9. The van der Waals surface area contributed by atoms with Gasteiger partial charge in [0.25, 0.3) is 0 Å². The van der Waals surface area contributed by atoms with Crippen LogP contribution in [0.5, 0.6) is 5.75 Å². The van der Waals surface area contributed by atoms with Crippen LogP contribution in [0.1, 0.15) is 42.7 Å². The summed E-state index contributed by atoms with van der Waals surface area (Å²) >= 11 is 12.1. The van der Waals surface area contributed by atoms with Crippen LogP contribution in [-0.4, -0.2) is 69.6 Å². The molecule has 4 N–H and O–H groups in total. The second-order valence-electron chi connectivity index (χ2n) is 10.0. The van der Waals surface area contributed by atoms with Crippen molar-refractivity contribution in [2.45, 2.75) is 49.0 Å². The Kier molecular flexibility index (Phi) is 8.54. The highest BCUT2D eigenvalue weighted by Gasteiger charge is 2.40. The molecule has 2 aromatic carbocycles. The largest absolute Gasteiger partial charge is 0.505 e. The third-order valence-electron chi connectivity index (χ3n) is 7.64. The van der Waals surface area contributed by atoms with Crippen LogP contribution in [0, 0.1) is 5.92 Å². The summed E-state index contributed by atoms with van der Waals surface area (Å²) in [5.74, 6) is -0.399. The lowest BCUT2D eigenvalue weighted by molar-refractivity contribution is 0.0967. The molecule has 2 aromatic rings. The number of aromatic hydroxyl groups is 1. The van der Waals surface area contributed by atoms with E-state index >= 15 is 0 Å². The van der Waals surface area contributed by atoms with Crippen molar-refractivity contribution in [1.29, 1.82) is 0 Å². The molecule has 0 radical (unpaired) electrons. The van der Waals surface area contributed by atoms with Crippen LogP contribution in [0.15, 0.2) is 35.2 Å². The molecule has 0 amide bonds. The highest BCUT2D eigenvalue weighted by molar-refractivity contribution is 7.82. The predicted octanol–water partition coefficient (Wildman–Crippen LogP) is 4.54. The van der Waals surface area contributed by atoms with E-state index in [1.54, 1.807) is 11.4 Å². The fourth-order valence-corrected chi connectivity index (χ4v) is 7.71. The first kappa shape index (κ1) is 27.7. The van der Waals surface area contributed by atoms with Gasteiger partial charge in [0, 0.05) is 62.1 Å². The van der Waals surface area contributed by atoms with Crippen molar-refractivity contribution in [1.82, 2.24) is 4.31 Å². The quantitative estimate of drug-likeness (QED) is 0.254. The minimum absolute atomic E-state index is 0.0111. The van der Waals surface area contributed by atoms with E-state index in [-0.39, 0.29) is 27.6 Å². The first-order valence-corrected chi connectivity index (χ1v) is 14.7. The lowest BCUT2D eigenvalue weighted by Crippen LogP contribution is -2.43. The number of aliphatic hydroxyl groups is 2. The summed E-state index contributed by atoms with van der Waals surface area (Å²) in [4.78, 5) is 2.46. The predicted molar refractivity (Wildman–Crippen MR) is 151 cm³/mol. The van der Waals surface area contributed by atoms with Gasteiger partial charge in [-0.3, -0.25) is 0 Å². The van der Waals surface area contributed by atoms with Gasteiger partial charge in [-0.1, -0.05) is 35.4 Å². The van der Waals surface area contributed by atoms with Gasteiger partial charge in [0.15, 0.2) is 5.75 Å². The molecule has 8 nitrogen and oxygen atoms in total. The summed E-state index contributed by atoms with van der Waals surface area (Å²) < 4.78 is 20.3. The van der Waals surface area contributed by atoms with Crippen LogP contribution in [0.2, 0.25) is 10.0 Å². The van der Waals surface area contributed by atoms with E-state index in [0.29, 0.717) is 31.1 Å². The zero-order chi connectivity index (χ0) is 27.0. The molecule has 2 heterocycles. The molecule has 1 fully saturated rings. The van der Waals surface area contributed by atoms with E-state index in [4.69, 9.17) is 27.9 Å². The third-order valence-corrected chi connectivity index (χ3v) is 9.66. The zero-order valence-electron chi connectivity index (χ0n) is 21.1. The molecule has 1 saturated heterocycles. The normalized spacial score (nSPS) is 24.3. The minimum atomic E-state index is -1.53. The van der Waals surface area contributed by atoms with Crippen molar-refractivity contribution in [3.8, 4) is 5.75 Å². The van der Waals surface area contributed by atoms with E-state index in [2.05, 4.69) is 17.5 Å². The number of anilines is 2. The topological polar surface area (TPSA) is 106 Å². The van der Waals surface area contributed by atoms with Gasteiger partial charge in [0.1, 0.15) is 23.4 Å². The standard InChI is InChI=1S/C27H33Cl2N3O5S/c1-37-12-4-11-32-23-9-8-22(18-6-2-7-19(24(18)23)27(32)35)30-26(34)16-5-3-10-31(15-16)38(36)17-13-20(28)25(33)21(29)14-17/h2,6,8-9,13-14,16,19,26-27,30,33-35H,3-5,7,10-12,15H2,1H3/t16?,19?,26-,27?,38?/m1/s1. The summed E-state index contributed by atoms with van der Waals surface area (Å²) in [7, 11) is 0.144. The number of allylic oxidation sites excluding steroid dienone is 1. The molecule has 1 aliphatic carbocycles. The average molecular weight is 583 g/mol. The number of benzene rings is 2. The first-order valence-electron chi connectivity index (χ1n) is 12.9. The fourth-order valence-electron chi connectivity index (χ4n) is 5.73. The van der Waals surface area contributed by atoms with Crippen molar-refractivity contribution in [2.24, 2.45) is 5.92 Å². The lowest BCUT2D eigenvalue weighted by Gasteiger charge is -2.35. The molecule has 206 valence electrons. The molecular formula is C27H33Cl2N3O5S. The molecule has 0 saturated carbocycles. The van der Waals surface area contributed by atoms with E-state index < -0.39 is 23.4 Å². The Morgan fingerprint density at radius 3 is 2.76 bits per heavy atom. The summed E-state index contributed by atoms with van der Waals surface area (Å²) in [5, 5.41) is 35.5. The number of aliphatic hydroxyl groups excluding tert-OH is 2. The monoisotopic (exact) mass is 581 g/mol. The summed E-state index contributed by atoms with van der Waals surface area (Å²) in [6, 6.07) is 6.90. The number of nitrogens with zero attached hydrogens (tertiary/aromatic N) is 2. The van der Waals surface area contributed by atoms with Gasteiger partial charge in [-0.25, -0.2) is 8.51 Å².